The molecule has 2 heterocycles. The Hall–Kier alpha value is -11.5. The first-order valence-electron chi connectivity index (χ1n) is 24.3. The molecule has 0 saturated carbocycles. The highest BCUT2D eigenvalue weighted by atomic mass is 19.4. The maximum absolute atomic E-state index is 14.4. The molecule has 0 atom stereocenters. The number of alkyl halides is 3. The summed E-state index contributed by atoms with van der Waals surface area (Å²) >= 11 is 0. The molecule has 0 N–H and O–H groups in total. The van der Waals surface area contributed by atoms with Crippen molar-refractivity contribution in [2.24, 2.45) is 0 Å². The van der Waals surface area contributed by atoms with Crippen LogP contribution in [-0.2, 0) is 6.18 Å². The highest BCUT2D eigenvalue weighted by molar-refractivity contribution is 6.13. The van der Waals surface area contributed by atoms with Gasteiger partial charge in [0.05, 0.1) is 76.4 Å². The Morgan fingerprint density at radius 1 is 0.359 bits per heavy atom. The molecule has 0 aliphatic carbocycles. The summed E-state index contributed by atoms with van der Waals surface area (Å²) in [6, 6.07) is 66.8. The fourth-order valence-corrected chi connectivity index (χ4v) is 10.5. The third-order valence-corrected chi connectivity index (χ3v) is 14.3. The van der Waals surface area contributed by atoms with E-state index < -0.39 is 11.7 Å². The lowest BCUT2D eigenvalue weighted by atomic mass is 9.97. The van der Waals surface area contributed by atoms with Crippen molar-refractivity contribution in [1.29, 1.82) is 15.8 Å². The van der Waals surface area contributed by atoms with E-state index in [2.05, 4.69) is 32.7 Å². The van der Waals surface area contributed by atoms with Crippen molar-refractivity contribution >= 4 is 60.7 Å². The van der Waals surface area contributed by atoms with Crippen LogP contribution in [0.4, 0.5) is 30.2 Å². The molecule has 12 aromatic rings. The van der Waals surface area contributed by atoms with Crippen LogP contribution in [0, 0.1) is 53.7 Å². The van der Waals surface area contributed by atoms with E-state index in [0.29, 0.717) is 61.5 Å². The van der Waals surface area contributed by atoms with Crippen LogP contribution in [-0.4, -0.2) is 9.13 Å². The van der Waals surface area contributed by atoms with Crippen LogP contribution in [0.3, 0.4) is 0 Å². The Morgan fingerprint density at radius 3 is 1.01 bits per heavy atom. The van der Waals surface area contributed by atoms with Gasteiger partial charge in [-0.25, -0.2) is 14.5 Å². The van der Waals surface area contributed by atoms with E-state index >= 15 is 0 Å². The molecule has 10 aromatic carbocycles. The summed E-state index contributed by atoms with van der Waals surface area (Å²) in [5, 5.41) is 34.6. The SMILES string of the molecule is [C-]#[N+]c1ccc(-c2ccc3c4ccc(-c5ccc(C#N)cc5)cc4n(-c4cc(-c5ccc(C(F)(F)F)cc5[N+]#[C-])cc(-n5c6cc(-c7ccc(C#N)cc7)ccc6c6ccc(-c7ccc([N+]#[C-])cc7)cc65)c4C#N)c3c2)cc1. The Balaban J connectivity index is 1.23. The average Bonchev–Trinajstić information content (AvgIpc) is 4.02. The van der Waals surface area contributed by atoms with Gasteiger partial charge in [-0.3, -0.25) is 0 Å². The van der Waals surface area contributed by atoms with Crippen molar-refractivity contribution in [3.05, 3.63) is 257 Å². The summed E-state index contributed by atoms with van der Waals surface area (Å²) in [6.45, 7) is 23.4. The van der Waals surface area contributed by atoms with Gasteiger partial charge in [-0.15, -0.1) is 0 Å². The second kappa shape index (κ2) is 18.8. The number of aromatic nitrogens is 2. The third kappa shape index (κ3) is 8.08. The van der Waals surface area contributed by atoms with Crippen LogP contribution >= 0.6 is 0 Å². The van der Waals surface area contributed by atoms with E-state index in [1.54, 1.807) is 60.7 Å². The molecule has 0 unspecified atom stereocenters. The van der Waals surface area contributed by atoms with Crippen LogP contribution in [0.15, 0.2) is 200 Å². The van der Waals surface area contributed by atoms with Crippen molar-refractivity contribution in [3.8, 4) is 85.2 Å². The van der Waals surface area contributed by atoms with Gasteiger partial charge in [0.25, 0.3) is 0 Å². The second-order valence-electron chi connectivity index (χ2n) is 18.6. The monoisotopic (exact) mass is 1010 g/mol. The largest absolute Gasteiger partial charge is 0.415 e. The van der Waals surface area contributed by atoms with Gasteiger partial charge < -0.3 is 9.13 Å². The number of fused-ring (bicyclic) bond motifs is 6. The molecule has 8 nitrogen and oxygen atoms in total. The van der Waals surface area contributed by atoms with Gasteiger partial charge in [0.1, 0.15) is 11.6 Å². The zero-order valence-corrected chi connectivity index (χ0v) is 40.8. The Morgan fingerprint density at radius 2 is 0.705 bits per heavy atom. The van der Waals surface area contributed by atoms with Crippen LogP contribution in [0.1, 0.15) is 22.3 Å². The lowest BCUT2D eigenvalue weighted by Gasteiger charge is -2.20. The summed E-state index contributed by atoms with van der Waals surface area (Å²) in [5.74, 6) is 0. The van der Waals surface area contributed by atoms with Gasteiger partial charge in [0, 0.05) is 27.1 Å². The molecule has 362 valence electrons. The molecular weight excluding hydrogens is 974 g/mol. The van der Waals surface area contributed by atoms with Gasteiger partial charge in [-0.05, 0) is 122 Å². The van der Waals surface area contributed by atoms with E-state index in [9.17, 15) is 29.0 Å². The van der Waals surface area contributed by atoms with Crippen molar-refractivity contribution in [2.75, 3.05) is 0 Å². The van der Waals surface area contributed by atoms with Crippen molar-refractivity contribution in [2.45, 2.75) is 6.18 Å². The number of rotatable bonds is 7. The Kier molecular flexibility index (Phi) is 11.4. The van der Waals surface area contributed by atoms with Crippen LogP contribution in [0.5, 0.6) is 0 Å². The van der Waals surface area contributed by atoms with E-state index in [0.717, 1.165) is 78.2 Å². The zero-order chi connectivity index (χ0) is 53.8. The third-order valence-electron chi connectivity index (χ3n) is 14.3. The molecule has 0 aliphatic heterocycles. The quantitative estimate of drug-likeness (QED) is 0.149. The summed E-state index contributed by atoms with van der Waals surface area (Å²) in [5.41, 5.74) is 11.7. The minimum atomic E-state index is -4.73. The fraction of sp³-hybridized carbons (Fsp3) is 0.0149. The topological polar surface area (TPSA) is 94.3 Å². The summed E-state index contributed by atoms with van der Waals surface area (Å²) in [7, 11) is 0. The van der Waals surface area contributed by atoms with E-state index in [-0.39, 0.29) is 16.8 Å². The minimum absolute atomic E-state index is 0.207. The molecule has 0 radical (unpaired) electrons. The molecule has 0 bridgehead atoms. The zero-order valence-electron chi connectivity index (χ0n) is 40.8. The van der Waals surface area contributed by atoms with E-state index in [4.69, 9.17) is 19.7 Å². The number of hydrogen-bond donors (Lipinski definition) is 0. The lowest BCUT2D eigenvalue weighted by molar-refractivity contribution is -0.137. The summed E-state index contributed by atoms with van der Waals surface area (Å²) in [6.07, 6.45) is -4.73. The normalized spacial score (nSPS) is 11.2. The van der Waals surface area contributed by atoms with E-state index in [1.165, 1.54) is 6.07 Å². The molecule has 0 amide bonds. The predicted molar refractivity (Wildman–Crippen MR) is 300 cm³/mol. The molecule has 0 saturated heterocycles. The first-order valence-corrected chi connectivity index (χ1v) is 24.3. The van der Waals surface area contributed by atoms with Gasteiger partial charge in [0.15, 0.2) is 17.1 Å². The van der Waals surface area contributed by atoms with Crippen molar-refractivity contribution < 1.29 is 13.2 Å². The first-order chi connectivity index (χ1) is 38.0. The maximum Gasteiger partial charge on any atom is 0.415 e. The van der Waals surface area contributed by atoms with Crippen LogP contribution < -0.4 is 0 Å². The fourth-order valence-electron chi connectivity index (χ4n) is 10.5. The van der Waals surface area contributed by atoms with Crippen LogP contribution in [0.2, 0.25) is 0 Å². The highest BCUT2D eigenvalue weighted by Gasteiger charge is 2.32. The molecule has 2 aromatic heterocycles. The van der Waals surface area contributed by atoms with Gasteiger partial charge in [-0.1, -0.05) is 133 Å². The molecule has 0 spiro atoms. The Bertz CT molecular complexity index is 4260. The first kappa shape index (κ1) is 47.5. The van der Waals surface area contributed by atoms with Gasteiger partial charge in [0.2, 0.25) is 0 Å². The average molecular weight is 1010 g/mol. The molecule has 0 fully saturated rings. The molecule has 11 heteroatoms. The molecule has 78 heavy (non-hydrogen) atoms. The molecular formula is C67H33F3N8. The minimum Gasteiger partial charge on any atom is -0.308 e. The smallest absolute Gasteiger partial charge is 0.308 e. The number of halogens is 3. The molecule has 12 rings (SSSR count). The lowest BCUT2D eigenvalue weighted by Crippen LogP contribution is -2.06. The Labute approximate surface area is 444 Å². The number of nitriles is 3. The van der Waals surface area contributed by atoms with Gasteiger partial charge in [-0.2, -0.15) is 29.0 Å². The maximum atomic E-state index is 14.4. The second-order valence-corrected chi connectivity index (χ2v) is 18.6. The number of nitrogens with zero attached hydrogens (tertiary/aromatic N) is 8. The standard InChI is InChI=1S/C67H33F3N8/c1-74-52-21-12-44(13-22-52)48-18-27-57-55-25-16-46(42-8-4-40(37-71)5-9-42)30-61(55)77(63(57)32-48)65-34-50(54-29-20-51(67(68,69)70)36-60(54)76-3)35-66(59(65)39-73)78-62-31-47(43-10-6-41(38-72)7-11-43)17-26-56(62)58-28-19-49(33-64(58)78)45-14-23-53(75-2)24-15-45/h4-36H. The summed E-state index contributed by atoms with van der Waals surface area (Å²) in [4.78, 5) is 10.8. The predicted octanol–water partition coefficient (Wildman–Crippen LogP) is 18.5. The van der Waals surface area contributed by atoms with Crippen molar-refractivity contribution in [1.82, 2.24) is 9.13 Å². The van der Waals surface area contributed by atoms with Crippen molar-refractivity contribution in [3.63, 3.8) is 0 Å². The van der Waals surface area contributed by atoms with Gasteiger partial charge >= 0.3 is 6.18 Å². The van der Waals surface area contributed by atoms with E-state index in [1.807, 2.05) is 130 Å². The number of benzene rings is 10. The highest BCUT2D eigenvalue weighted by Crippen LogP contribution is 2.46. The van der Waals surface area contributed by atoms with Crippen LogP contribution in [0.25, 0.3) is 125 Å². The molecule has 0 aliphatic rings. The summed E-state index contributed by atoms with van der Waals surface area (Å²) < 4.78 is 47.2. The number of hydrogen-bond acceptors (Lipinski definition) is 3.